The molecular formula is C23H25N3O3. The molecule has 4 rings (SSSR count). The van der Waals surface area contributed by atoms with Gasteiger partial charge in [-0.25, -0.2) is 0 Å². The van der Waals surface area contributed by atoms with Crippen LogP contribution in [0.1, 0.15) is 32.0 Å². The molecule has 2 heterocycles. The van der Waals surface area contributed by atoms with E-state index in [1.807, 2.05) is 61.2 Å². The van der Waals surface area contributed by atoms with E-state index in [1.165, 1.54) is 5.56 Å². The van der Waals surface area contributed by atoms with Crippen molar-refractivity contribution < 1.29 is 14.3 Å². The van der Waals surface area contributed by atoms with Crippen LogP contribution >= 0.6 is 0 Å². The quantitative estimate of drug-likeness (QED) is 0.744. The molecule has 1 aliphatic heterocycles. The average molecular weight is 391 g/mol. The number of hydrogen-bond acceptors (Lipinski definition) is 3. The first kappa shape index (κ1) is 19.1. The highest BCUT2D eigenvalue weighted by Crippen LogP contribution is 2.22. The van der Waals surface area contributed by atoms with Crippen LogP contribution in [0, 0.1) is 13.8 Å². The van der Waals surface area contributed by atoms with Gasteiger partial charge in [-0.1, -0.05) is 6.07 Å². The lowest BCUT2D eigenvalue weighted by Gasteiger charge is -2.34. The van der Waals surface area contributed by atoms with Gasteiger partial charge in [0, 0.05) is 42.6 Å². The zero-order valence-electron chi connectivity index (χ0n) is 17.0. The van der Waals surface area contributed by atoms with Crippen LogP contribution in [0.4, 0.5) is 0 Å². The molecule has 0 saturated carbocycles. The third-order valence-corrected chi connectivity index (χ3v) is 5.67. The molecule has 150 valence electrons. The SMILES string of the molecule is COc1ccc2[nH]c(C(=O)N3CCN(C(=O)c4ccc(C)c(C)c4)CC3)cc2c1. The van der Waals surface area contributed by atoms with Gasteiger partial charge < -0.3 is 19.5 Å². The number of rotatable bonds is 3. The second-order valence-corrected chi connectivity index (χ2v) is 7.52. The number of ether oxygens (including phenoxy) is 1. The first-order chi connectivity index (χ1) is 14.0. The van der Waals surface area contributed by atoms with Crippen LogP contribution in [0.15, 0.2) is 42.5 Å². The summed E-state index contributed by atoms with van der Waals surface area (Å²) in [6.07, 6.45) is 0. The summed E-state index contributed by atoms with van der Waals surface area (Å²) in [6.45, 7) is 6.16. The van der Waals surface area contributed by atoms with Crippen LogP contribution in [-0.4, -0.2) is 59.9 Å². The number of aryl methyl sites for hydroxylation is 2. The third-order valence-electron chi connectivity index (χ3n) is 5.67. The fourth-order valence-electron chi connectivity index (χ4n) is 3.69. The highest BCUT2D eigenvalue weighted by atomic mass is 16.5. The zero-order valence-corrected chi connectivity index (χ0v) is 17.0. The van der Waals surface area contributed by atoms with Crippen molar-refractivity contribution in [2.24, 2.45) is 0 Å². The number of carbonyl (C=O) groups is 2. The number of nitrogens with one attached hydrogen (secondary N) is 1. The minimum absolute atomic E-state index is 0.0258. The Labute approximate surface area is 170 Å². The highest BCUT2D eigenvalue weighted by Gasteiger charge is 2.26. The molecule has 0 aliphatic carbocycles. The van der Waals surface area contributed by atoms with Gasteiger partial charge in [0.25, 0.3) is 11.8 Å². The van der Waals surface area contributed by atoms with E-state index in [0.29, 0.717) is 37.4 Å². The van der Waals surface area contributed by atoms with Gasteiger partial charge in [0.15, 0.2) is 0 Å². The largest absolute Gasteiger partial charge is 0.497 e. The predicted octanol–water partition coefficient (Wildman–Crippen LogP) is 3.39. The molecule has 1 saturated heterocycles. The van der Waals surface area contributed by atoms with Gasteiger partial charge >= 0.3 is 0 Å². The Morgan fingerprint density at radius 2 is 1.55 bits per heavy atom. The Balaban J connectivity index is 1.43. The standard InChI is InChI=1S/C23H25N3O3/c1-15-4-5-17(12-16(15)2)22(27)25-8-10-26(11-9-25)23(28)21-14-18-13-19(29-3)6-7-20(18)24-21/h4-7,12-14,24H,8-11H2,1-3H3. The summed E-state index contributed by atoms with van der Waals surface area (Å²) in [5.74, 6) is 0.741. The van der Waals surface area contributed by atoms with E-state index in [-0.39, 0.29) is 11.8 Å². The lowest BCUT2D eigenvalue weighted by molar-refractivity contribution is 0.0533. The molecule has 1 aromatic heterocycles. The minimum Gasteiger partial charge on any atom is -0.497 e. The molecule has 6 heteroatoms. The van der Waals surface area contributed by atoms with Crippen molar-refractivity contribution in [3.05, 3.63) is 64.8 Å². The smallest absolute Gasteiger partial charge is 0.270 e. The van der Waals surface area contributed by atoms with E-state index >= 15 is 0 Å². The van der Waals surface area contributed by atoms with Gasteiger partial charge in [-0.3, -0.25) is 9.59 Å². The van der Waals surface area contributed by atoms with Crippen molar-refractivity contribution in [3.63, 3.8) is 0 Å². The van der Waals surface area contributed by atoms with Crippen molar-refractivity contribution >= 4 is 22.7 Å². The van der Waals surface area contributed by atoms with Crippen molar-refractivity contribution in [1.82, 2.24) is 14.8 Å². The summed E-state index contributed by atoms with van der Waals surface area (Å²) in [5, 5.41) is 0.941. The van der Waals surface area contributed by atoms with Crippen molar-refractivity contribution in [2.45, 2.75) is 13.8 Å². The van der Waals surface area contributed by atoms with Crippen LogP contribution in [0.25, 0.3) is 10.9 Å². The van der Waals surface area contributed by atoms with Gasteiger partial charge in [0.1, 0.15) is 11.4 Å². The number of carbonyl (C=O) groups excluding carboxylic acids is 2. The average Bonchev–Trinajstić information content (AvgIpc) is 3.18. The maximum atomic E-state index is 12.9. The molecule has 2 amide bonds. The number of aromatic amines is 1. The highest BCUT2D eigenvalue weighted by molar-refractivity contribution is 5.99. The molecule has 6 nitrogen and oxygen atoms in total. The lowest BCUT2D eigenvalue weighted by atomic mass is 10.1. The number of methoxy groups -OCH3 is 1. The van der Waals surface area contributed by atoms with Crippen molar-refractivity contribution in [3.8, 4) is 5.75 Å². The van der Waals surface area contributed by atoms with Gasteiger partial charge in [-0.15, -0.1) is 0 Å². The molecule has 2 aromatic carbocycles. The lowest BCUT2D eigenvalue weighted by Crippen LogP contribution is -2.50. The van der Waals surface area contributed by atoms with E-state index in [9.17, 15) is 9.59 Å². The summed E-state index contributed by atoms with van der Waals surface area (Å²) in [6, 6.07) is 13.3. The maximum absolute atomic E-state index is 12.9. The number of piperazine rings is 1. The maximum Gasteiger partial charge on any atom is 0.270 e. The van der Waals surface area contributed by atoms with Crippen LogP contribution < -0.4 is 4.74 Å². The number of nitrogens with zero attached hydrogens (tertiary/aromatic N) is 2. The fourth-order valence-corrected chi connectivity index (χ4v) is 3.69. The normalized spacial score (nSPS) is 14.3. The Kier molecular flexibility index (Phi) is 5.01. The Morgan fingerprint density at radius 1 is 0.862 bits per heavy atom. The van der Waals surface area contributed by atoms with E-state index in [0.717, 1.165) is 22.2 Å². The number of fused-ring (bicyclic) bond motifs is 1. The van der Waals surface area contributed by atoms with Crippen LogP contribution in [0.2, 0.25) is 0 Å². The molecular weight excluding hydrogens is 366 g/mol. The van der Waals surface area contributed by atoms with E-state index < -0.39 is 0 Å². The van der Waals surface area contributed by atoms with Crippen LogP contribution in [0.5, 0.6) is 5.75 Å². The predicted molar refractivity (Wildman–Crippen MR) is 113 cm³/mol. The fraction of sp³-hybridized carbons (Fsp3) is 0.304. The summed E-state index contributed by atoms with van der Waals surface area (Å²) in [4.78, 5) is 32.5. The van der Waals surface area contributed by atoms with Gasteiger partial charge in [-0.05, 0) is 61.4 Å². The summed E-state index contributed by atoms with van der Waals surface area (Å²) in [5.41, 5.74) is 4.45. The summed E-state index contributed by atoms with van der Waals surface area (Å²) >= 11 is 0. The number of H-pyrrole nitrogens is 1. The molecule has 1 N–H and O–H groups in total. The second kappa shape index (κ2) is 7.62. The molecule has 1 fully saturated rings. The molecule has 0 bridgehead atoms. The van der Waals surface area contributed by atoms with Crippen LogP contribution in [-0.2, 0) is 0 Å². The summed E-state index contributed by atoms with van der Waals surface area (Å²) < 4.78 is 5.25. The minimum atomic E-state index is -0.0431. The molecule has 0 radical (unpaired) electrons. The number of aromatic nitrogens is 1. The van der Waals surface area contributed by atoms with Gasteiger partial charge in [-0.2, -0.15) is 0 Å². The molecule has 1 aliphatic rings. The number of benzene rings is 2. The van der Waals surface area contributed by atoms with E-state index in [1.54, 1.807) is 12.0 Å². The molecule has 29 heavy (non-hydrogen) atoms. The van der Waals surface area contributed by atoms with Gasteiger partial charge in [0.05, 0.1) is 7.11 Å². The topological polar surface area (TPSA) is 65.6 Å². The Morgan fingerprint density at radius 3 is 2.21 bits per heavy atom. The Hall–Kier alpha value is -3.28. The first-order valence-electron chi connectivity index (χ1n) is 9.79. The zero-order chi connectivity index (χ0) is 20.5. The van der Waals surface area contributed by atoms with E-state index in [4.69, 9.17) is 4.74 Å². The molecule has 0 unspecified atom stereocenters. The van der Waals surface area contributed by atoms with E-state index in [2.05, 4.69) is 4.98 Å². The second-order valence-electron chi connectivity index (χ2n) is 7.52. The van der Waals surface area contributed by atoms with Crippen molar-refractivity contribution in [2.75, 3.05) is 33.3 Å². The summed E-state index contributed by atoms with van der Waals surface area (Å²) in [7, 11) is 1.62. The number of amides is 2. The Bertz CT molecular complexity index is 1080. The molecule has 0 atom stereocenters. The first-order valence-corrected chi connectivity index (χ1v) is 9.79. The molecule has 3 aromatic rings. The molecule has 0 spiro atoms. The number of hydrogen-bond donors (Lipinski definition) is 1. The third kappa shape index (κ3) is 3.70. The van der Waals surface area contributed by atoms with Crippen LogP contribution in [0.3, 0.4) is 0 Å². The monoisotopic (exact) mass is 391 g/mol. The van der Waals surface area contributed by atoms with Crippen molar-refractivity contribution in [1.29, 1.82) is 0 Å². The van der Waals surface area contributed by atoms with Gasteiger partial charge in [0.2, 0.25) is 0 Å².